The molecule has 5 atom stereocenters. The van der Waals surface area contributed by atoms with Crippen molar-refractivity contribution in [1.82, 2.24) is 0 Å². The van der Waals surface area contributed by atoms with Crippen molar-refractivity contribution in [2.75, 3.05) is 0 Å². The number of carbonyl (C=O) groups is 1. The molecule has 0 aliphatic heterocycles. The number of hydrogen-bond acceptors (Lipinski definition) is 1. The Morgan fingerprint density at radius 3 is 2.52 bits per heavy atom. The molecule has 116 valence electrons. The maximum absolute atomic E-state index is 13.0. The van der Waals surface area contributed by atoms with Crippen LogP contribution in [0.4, 0.5) is 0 Å². The summed E-state index contributed by atoms with van der Waals surface area (Å²) in [5, 5.41) is 0. The second kappa shape index (κ2) is 4.03. The maximum atomic E-state index is 13.0. The van der Waals surface area contributed by atoms with Crippen molar-refractivity contribution in [3.8, 4) is 0 Å². The van der Waals surface area contributed by atoms with E-state index in [0.717, 1.165) is 24.3 Å². The zero-order chi connectivity index (χ0) is 15.0. The molecule has 21 heavy (non-hydrogen) atoms. The molecule has 0 heterocycles. The number of allylic oxidation sites excluding steroid dienone is 1. The van der Waals surface area contributed by atoms with Crippen molar-refractivity contribution >= 4 is 5.78 Å². The standard InChI is InChI=1S/C20H30O/c1-13-14-6-7-16-19(4)10-5-9-18(2,3)15(19)8-11-20(16,12-14)17(13)21/h14-16H,1,5-12H2,2-4H3/t14-,15+,16+,19-,20-/m0/s1. The summed E-state index contributed by atoms with van der Waals surface area (Å²) in [6.07, 6.45) is 10.1. The molecule has 4 fully saturated rings. The van der Waals surface area contributed by atoms with Crippen LogP contribution in [0.25, 0.3) is 0 Å². The molecule has 4 aliphatic carbocycles. The minimum absolute atomic E-state index is 0.00132. The van der Waals surface area contributed by atoms with Crippen LogP contribution < -0.4 is 0 Å². The van der Waals surface area contributed by atoms with Gasteiger partial charge in [-0.1, -0.05) is 33.8 Å². The van der Waals surface area contributed by atoms with E-state index in [1.807, 2.05) is 0 Å². The van der Waals surface area contributed by atoms with Crippen molar-refractivity contribution in [2.45, 2.75) is 72.1 Å². The Balaban J connectivity index is 1.79. The molecule has 1 nitrogen and oxygen atoms in total. The summed E-state index contributed by atoms with van der Waals surface area (Å²) in [6.45, 7) is 11.7. The molecule has 2 bridgehead atoms. The van der Waals surface area contributed by atoms with Crippen LogP contribution in [0.15, 0.2) is 12.2 Å². The average Bonchev–Trinajstić information content (AvgIpc) is 2.59. The zero-order valence-corrected chi connectivity index (χ0v) is 14.0. The first-order chi connectivity index (χ1) is 9.81. The number of carbonyl (C=O) groups excluding carboxylic acids is 1. The van der Waals surface area contributed by atoms with Gasteiger partial charge in [-0.2, -0.15) is 0 Å². The second-order valence-electron chi connectivity index (χ2n) is 9.48. The van der Waals surface area contributed by atoms with Crippen molar-refractivity contribution in [3.05, 3.63) is 12.2 Å². The van der Waals surface area contributed by atoms with Gasteiger partial charge in [0, 0.05) is 5.41 Å². The predicted molar refractivity (Wildman–Crippen MR) is 85.9 cm³/mol. The van der Waals surface area contributed by atoms with Gasteiger partial charge in [-0.15, -0.1) is 0 Å². The van der Waals surface area contributed by atoms with E-state index >= 15 is 0 Å². The first-order valence-corrected chi connectivity index (χ1v) is 9.05. The molecule has 0 N–H and O–H groups in total. The smallest absolute Gasteiger partial charge is 0.165 e. The number of Topliss-reactive ketones (excluding diaryl/α,β-unsaturated/α-hetero) is 1. The minimum atomic E-state index is -0.00132. The van der Waals surface area contributed by atoms with Crippen LogP contribution >= 0.6 is 0 Å². The van der Waals surface area contributed by atoms with Gasteiger partial charge in [0.2, 0.25) is 0 Å². The molecule has 0 aromatic carbocycles. The molecule has 0 saturated heterocycles. The number of rotatable bonds is 0. The normalized spacial score (nSPS) is 51.5. The van der Waals surface area contributed by atoms with Crippen LogP contribution in [0.2, 0.25) is 0 Å². The summed E-state index contributed by atoms with van der Waals surface area (Å²) in [4.78, 5) is 13.0. The number of ketones is 1. The van der Waals surface area contributed by atoms with Crippen LogP contribution in [0, 0.1) is 34.0 Å². The number of fused-ring (bicyclic) bond motifs is 3. The maximum Gasteiger partial charge on any atom is 0.165 e. The Kier molecular flexibility index (Phi) is 2.69. The van der Waals surface area contributed by atoms with Crippen LogP contribution in [-0.2, 0) is 4.79 Å². The summed E-state index contributed by atoms with van der Waals surface area (Å²) < 4.78 is 0. The lowest BCUT2D eigenvalue weighted by Crippen LogP contribution is -2.57. The van der Waals surface area contributed by atoms with Crippen LogP contribution in [0.1, 0.15) is 72.1 Å². The third-order valence-corrected chi connectivity index (χ3v) is 8.27. The van der Waals surface area contributed by atoms with Gasteiger partial charge >= 0.3 is 0 Å². The van der Waals surface area contributed by atoms with Gasteiger partial charge in [-0.3, -0.25) is 4.79 Å². The Morgan fingerprint density at radius 1 is 1.00 bits per heavy atom. The molecule has 0 amide bonds. The fourth-order valence-corrected chi connectivity index (χ4v) is 7.44. The monoisotopic (exact) mass is 286 g/mol. The van der Waals surface area contributed by atoms with Crippen molar-refractivity contribution in [1.29, 1.82) is 0 Å². The van der Waals surface area contributed by atoms with E-state index in [1.165, 1.54) is 38.5 Å². The molecule has 0 unspecified atom stereocenters. The van der Waals surface area contributed by atoms with Crippen molar-refractivity contribution in [2.24, 2.45) is 34.0 Å². The molecule has 1 spiro atoms. The van der Waals surface area contributed by atoms with E-state index in [9.17, 15) is 4.79 Å². The highest BCUT2D eigenvalue weighted by Crippen LogP contribution is 2.70. The van der Waals surface area contributed by atoms with Gasteiger partial charge in [0.1, 0.15) is 0 Å². The lowest BCUT2D eigenvalue weighted by Gasteiger charge is -2.63. The van der Waals surface area contributed by atoms with Crippen molar-refractivity contribution in [3.63, 3.8) is 0 Å². The van der Waals surface area contributed by atoms with E-state index in [1.54, 1.807) is 0 Å². The SMILES string of the molecule is C=C1C(=O)[C@]23CC[C@@H]4C(C)(C)CCC[C@]4(C)[C@H]2CC[C@H]1C3. The molecule has 0 radical (unpaired) electrons. The van der Waals surface area contributed by atoms with Gasteiger partial charge in [0.15, 0.2) is 5.78 Å². The fourth-order valence-electron chi connectivity index (χ4n) is 7.44. The summed E-state index contributed by atoms with van der Waals surface area (Å²) in [5.74, 6) is 2.43. The number of hydrogen-bond donors (Lipinski definition) is 0. The van der Waals surface area contributed by atoms with Crippen LogP contribution in [-0.4, -0.2) is 5.78 Å². The van der Waals surface area contributed by atoms with Crippen LogP contribution in [0.3, 0.4) is 0 Å². The van der Waals surface area contributed by atoms with Crippen molar-refractivity contribution < 1.29 is 4.79 Å². The van der Waals surface area contributed by atoms with Gasteiger partial charge in [0.25, 0.3) is 0 Å². The lowest BCUT2D eigenvalue weighted by molar-refractivity contribution is -0.160. The van der Waals surface area contributed by atoms with Crippen LogP contribution in [0.5, 0.6) is 0 Å². The van der Waals surface area contributed by atoms with Gasteiger partial charge in [-0.25, -0.2) is 0 Å². The Bertz CT molecular complexity index is 516. The third kappa shape index (κ3) is 1.56. The van der Waals surface area contributed by atoms with Gasteiger partial charge in [-0.05, 0) is 79.1 Å². The predicted octanol–water partition coefficient (Wildman–Crippen LogP) is 5.15. The van der Waals surface area contributed by atoms with E-state index in [2.05, 4.69) is 27.4 Å². The molecule has 4 rings (SSSR count). The summed E-state index contributed by atoms with van der Waals surface area (Å²) in [7, 11) is 0. The first kappa shape index (κ1) is 14.0. The average molecular weight is 286 g/mol. The molecule has 0 aromatic heterocycles. The van der Waals surface area contributed by atoms with E-state index in [-0.39, 0.29) is 5.41 Å². The zero-order valence-electron chi connectivity index (χ0n) is 14.0. The molecular weight excluding hydrogens is 256 g/mol. The summed E-state index contributed by atoms with van der Waals surface area (Å²) in [5.41, 5.74) is 1.84. The molecule has 4 aliphatic rings. The highest BCUT2D eigenvalue weighted by Gasteiger charge is 2.66. The molecule has 0 aromatic rings. The highest BCUT2D eigenvalue weighted by atomic mass is 16.1. The van der Waals surface area contributed by atoms with E-state index < -0.39 is 0 Å². The van der Waals surface area contributed by atoms with Gasteiger partial charge in [0.05, 0.1) is 0 Å². The lowest BCUT2D eigenvalue weighted by atomic mass is 9.41. The fraction of sp³-hybridized carbons (Fsp3) is 0.850. The topological polar surface area (TPSA) is 17.1 Å². The minimum Gasteiger partial charge on any atom is -0.294 e. The highest BCUT2D eigenvalue weighted by molar-refractivity contribution is 6.03. The Labute approximate surface area is 129 Å². The molecular formula is C20H30O. The third-order valence-electron chi connectivity index (χ3n) is 8.27. The van der Waals surface area contributed by atoms with Gasteiger partial charge < -0.3 is 0 Å². The molecule has 1 heteroatoms. The quantitative estimate of drug-likeness (QED) is 0.562. The summed E-state index contributed by atoms with van der Waals surface area (Å²) >= 11 is 0. The van der Waals surface area contributed by atoms with E-state index in [0.29, 0.717) is 28.4 Å². The largest absolute Gasteiger partial charge is 0.294 e. The Morgan fingerprint density at radius 2 is 1.76 bits per heavy atom. The van der Waals surface area contributed by atoms with E-state index in [4.69, 9.17) is 0 Å². The molecule has 4 saturated carbocycles. The first-order valence-electron chi connectivity index (χ1n) is 9.05. The summed E-state index contributed by atoms with van der Waals surface area (Å²) in [6, 6.07) is 0. The Hall–Kier alpha value is -0.590. The second-order valence-corrected chi connectivity index (χ2v) is 9.48.